The number of nitrogens with zero attached hydrogens (tertiary/aromatic N) is 1. The van der Waals surface area contributed by atoms with Gasteiger partial charge in [0.25, 0.3) is 10.9 Å². The summed E-state index contributed by atoms with van der Waals surface area (Å²) < 4.78 is 25.3. The maximum absolute atomic E-state index is 12.6. The van der Waals surface area contributed by atoms with Crippen LogP contribution in [-0.4, -0.2) is 23.8 Å². The zero-order valence-corrected chi connectivity index (χ0v) is 14.2. The van der Waals surface area contributed by atoms with Gasteiger partial charge in [0.2, 0.25) is 0 Å². The Morgan fingerprint density at radius 3 is 2.18 bits per heavy atom. The van der Waals surface area contributed by atoms with Gasteiger partial charge in [-0.2, -0.15) is 0 Å². The first-order valence-electron chi connectivity index (χ1n) is 6.95. The molecule has 0 fully saturated rings. The lowest BCUT2D eigenvalue weighted by molar-refractivity contribution is -0.387. The molecule has 0 bridgehead atoms. The lowest BCUT2D eigenvalue weighted by atomic mass is 10.1. The molecule has 0 atom stereocenters. The Morgan fingerprint density at radius 1 is 1.27 bits per heavy atom. The highest BCUT2D eigenvalue weighted by atomic mass is 35.5. The number of carbonyl (C=O) groups is 1. The zero-order valence-electron chi connectivity index (χ0n) is 12.6. The minimum atomic E-state index is -3.85. The SMILES string of the molecule is CCc1cc(S(=O)(=O)C(CC)CC)c([N+](=O)[O-])cc1C(=O)Cl. The van der Waals surface area contributed by atoms with Gasteiger partial charge in [0.1, 0.15) is 4.90 Å². The summed E-state index contributed by atoms with van der Waals surface area (Å²) in [6.07, 6.45) is 1.05. The van der Waals surface area contributed by atoms with Gasteiger partial charge in [-0.3, -0.25) is 14.9 Å². The van der Waals surface area contributed by atoms with Crippen molar-refractivity contribution in [3.05, 3.63) is 33.4 Å². The van der Waals surface area contributed by atoms with Gasteiger partial charge in [0, 0.05) is 11.6 Å². The molecule has 0 saturated carbocycles. The summed E-state index contributed by atoms with van der Waals surface area (Å²) in [4.78, 5) is 21.5. The molecular formula is C14H18ClNO5S. The molecule has 0 heterocycles. The summed E-state index contributed by atoms with van der Waals surface area (Å²) >= 11 is 5.44. The van der Waals surface area contributed by atoms with Crippen LogP contribution >= 0.6 is 11.6 Å². The summed E-state index contributed by atoms with van der Waals surface area (Å²) in [5.74, 6) is 0. The highest BCUT2D eigenvalue weighted by Gasteiger charge is 2.33. The molecule has 0 aromatic heterocycles. The monoisotopic (exact) mass is 347 g/mol. The number of hydrogen-bond donors (Lipinski definition) is 0. The quantitative estimate of drug-likeness (QED) is 0.427. The van der Waals surface area contributed by atoms with Crippen molar-refractivity contribution in [2.24, 2.45) is 0 Å². The number of carbonyl (C=O) groups excluding carboxylic acids is 1. The molecule has 1 aromatic rings. The highest BCUT2D eigenvalue weighted by molar-refractivity contribution is 7.92. The van der Waals surface area contributed by atoms with Crippen LogP contribution < -0.4 is 0 Å². The number of halogens is 1. The maximum atomic E-state index is 12.6. The van der Waals surface area contributed by atoms with Crippen molar-refractivity contribution in [2.75, 3.05) is 0 Å². The lowest BCUT2D eigenvalue weighted by Gasteiger charge is -2.15. The third-order valence-corrected chi connectivity index (χ3v) is 6.32. The van der Waals surface area contributed by atoms with Gasteiger partial charge in [-0.15, -0.1) is 0 Å². The van der Waals surface area contributed by atoms with Crippen molar-refractivity contribution in [3.8, 4) is 0 Å². The van der Waals surface area contributed by atoms with E-state index in [1.807, 2.05) is 0 Å². The zero-order chi connectivity index (χ0) is 17.1. The van der Waals surface area contributed by atoms with E-state index in [2.05, 4.69) is 0 Å². The summed E-state index contributed by atoms with van der Waals surface area (Å²) in [5, 5.41) is 9.69. The molecule has 0 saturated heterocycles. The van der Waals surface area contributed by atoms with Crippen LogP contribution in [0.15, 0.2) is 17.0 Å². The fraction of sp³-hybridized carbons (Fsp3) is 0.500. The summed E-state index contributed by atoms with van der Waals surface area (Å²) in [6.45, 7) is 5.15. The number of nitro benzene ring substituents is 1. The van der Waals surface area contributed by atoms with Crippen LogP contribution in [-0.2, 0) is 16.3 Å². The molecule has 1 aromatic carbocycles. The first-order chi connectivity index (χ1) is 10.2. The topological polar surface area (TPSA) is 94.3 Å². The Morgan fingerprint density at radius 2 is 1.82 bits per heavy atom. The Labute approximate surface area is 134 Å². The molecule has 8 heteroatoms. The molecule has 0 aliphatic carbocycles. The van der Waals surface area contributed by atoms with Gasteiger partial charge in [-0.05, 0) is 42.5 Å². The molecule has 0 aliphatic heterocycles. The Kier molecular flexibility index (Phi) is 6.08. The van der Waals surface area contributed by atoms with Gasteiger partial charge in [0.15, 0.2) is 9.84 Å². The number of hydrogen-bond acceptors (Lipinski definition) is 5. The van der Waals surface area contributed by atoms with Crippen LogP contribution in [0.3, 0.4) is 0 Å². The molecule has 0 amide bonds. The minimum Gasteiger partial charge on any atom is -0.276 e. The normalized spacial score (nSPS) is 11.7. The van der Waals surface area contributed by atoms with Gasteiger partial charge in [-0.1, -0.05) is 20.8 Å². The second-order valence-corrected chi connectivity index (χ2v) is 7.38. The molecule has 0 radical (unpaired) electrons. The third-order valence-electron chi connectivity index (χ3n) is 3.63. The number of benzene rings is 1. The number of aryl methyl sites for hydroxylation is 1. The van der Waals surface area contributed by atoms with Crippen molar-refractivity contribution < 1.29 is 18.1 Å². The molecule has 6 nitrogen and oxygen atoms in total. The number of rotatable bonds is 7. The van der Waals surface area contributed by atoms with E-state index in [1.54, 1.807) is 20.8 Å². The minimum absolute atomic E-state index is 0.0284. The van der Waals surface area contributed by atoms with Crippen molar-refractivity contribution in [1.29, 1.82) is 0 Å². The fourth-order valence-corrected chi connectivity index (χ4v) is 4.51. The van der Waals surface area contributed by atoms with Crippen LogP contribution in [0.4, 0.5) is 5.69 Å². The van der Waals surface area contributed by atoms with Crippen molar-refractivity contribution in [3.63, 3.8) is 0 Å². The van der Waals surface area contributed by atoms with Crippen LogP contribution in [0.2, 0.25) is 0 Å². The molecule has 0 spiro atoms. The summed E-state index contributed by atoms with van der Waals surface area (Å²) in [6, 6.07) is 2.17. The smallest absolute Gasteiger partial charge is 0.276 e. The average molecular weight is 348 g/mol. The second-order valence-electron chi connectivity index (χ2n) is 4.84. The molecule has 22 heavy (non-hydrogen) atoms. The Bertz CT molecular complexity index is 695. The van der Waals surface area contributed by atoms with Crippen LogP contribution in [0, 0.1) is 10.1 Å². The standard InChI is InChI=1S/C14H18ClNO5S/c1-4-9-7-13(22(20,21)10(5-2)6-3)12(16(18)19)8-11(9)14(15)17/h7-8,10H,4-6H2,1-3H3. The summed E-state index contributed by atoms with van der Waals surface area (Å²) in [7, 11) is -3.85. The molecule has 0 N–H and O–H groups in total. The van der Waals surface area contributed by atoms with E-state index in [0.29, 0.717) is 24.8 Å². The molecule has 122 valence electrons. The molecule has 0 unspecified atom stereocenters. The van der Waals surface area contributed by atoms with E-state index in [4.69, 9.17) is 11.6 Å². The summed E-state index contributed by atoms with van der Waals surface area (Å²) in [5.41, 5.74) is -0.248. The van der Waals surface area contributed by atoms with Crippen molar-refractivity contribution >= 4 is 32.4 Å². The largest absolute Gasteiger partial charge is 0.288 e. The van der Waals surface area contributed by atoms with Crippen LogP contribution in [0.25, 0.3) is 0 Å². The van der Waals surface area contributed by atoms with Crippen LogP contribution in [0.1, 0.15) is 49.5 Å². The lowest BCUT2D eigenvalue weighted by Crippen LogP contribution is -2.21. The van der Waals surface area contributed by atoms with Crippen LogP contribution in [0.5, 0.6) is 0 Å². The van der Waals surface area contributed by atoms with E-state index in [-0.39, 0.29) is 10.5 Å². The number of nitro groups is 1. The molecule has 1 rings (SSSR count). The first kappa shape index (κ1) is 18.6. The van der Waals surface area contributed by atoms with E-state index in [1.165, 1.54) is 6.07 Å². The van der Waals surface area contributed by atoms with E-state index in [9.17, 15) is 23.3 Å². The van der Waals surface area contributed by atoms with Gasteiger partial charge in [-0.25, -0.2) is 8.42 Å². The van der Waals surface area contributed by atoms with Crippen molar-refractivity contribution in [1.82, 2.24) is 0 Å². The predicted molar refractivity (Wildman–Crippen MR) is 84.2 cm³/mol. The number of sulfone groups is 1. The van der Waals surface area contributed by atoms with Gasteiger partial charge < -0.3 is 0 Å². The predicted octanol–water partition coefficient (Wildman–Crippen LogP) is 3.50. The Hall–Kier alpha value is -1.47. The maximum Gasteiger partial charge on any atom is 0.288 e. The third kappa shape index (κ3) is 3.47. The van der Waals surface area contributed by atoms with Crippen molar-refractivity contribution in [2.45, 2.75) is 50.2 Å². The van der Waals surface area contributed by atoms with E-state index < -0.39 is 30.9 Å². The Balaban J connectivity index is 3.73. The van der Waals surface area contributed by atoms with Gasteiger partial charge in [0.05, 0.1) is 10.2 Å². The second kappa shape index (κ2) is 7.19. The van der Waals surface area contributed by atoms with Gasteiger partial charge >= 0.3 is 0 Å². The molecule has 0 aliphatic rings. The van der Waals surface area contributed by atoms with E-state index in [0.717, 1.165) is 6.07 Å². The first-order valence-corrected chi connectivity index (χ1v) is 8.88. The fourth-order valence-electron chi connectivity index (χ4n) is 2.36. The van der Waals surface area contributed by atoms with E-state index >= 15 is 0 Å². The average Bonchev–Trinajstić information content (AvgIpc) is 2.46. The highest BCUT2D eigenvalue weighted by Crippen LogP contribution is 2.32. The molecular weight excluding hydrogens is 330 g/mol.